The van der Waals surface area contributed by atoms with Crippen molar-refractivity contribution in [2.75, 3.05) is 0 Å². The highest BCUT2D eigenvalue weighted by Gasteiger charge is 2.19. The van der Waals surface area contributed by atoms with E-state index in [4.69, 9.17) is 5.21 Å². The van der Waals surface area contributed by atoms with E-state index in [2.05, 4.69) is 15.4 Å². The third-order valence-electron chi connectivity index (χ3n) is 4.60. The van der Waals surface area contributed by atoms with Gasteiger partial charge in [-0.2, -0.15) is 0 Å². The largest absolute Gasteiger partial charge is 0.411 e. The highest BCUT2D eigenvalue weighted by molar-refractivity contribution is 5.79. The summed E-state index contributed by atoms with van der Waals surface area (Å²) in [6, 6.07) is 29.1. The second-order valence-corrected chi connectivity index (χ2v) is 6.95. The predicted molar refractivity (Wildman–Crippen MR) is 130 cm³/mol. The molecule has 0 unspecified atom stereocenters. The van der Waals surface area contributed by atoms with Crippen LogP contribution in [0.4, 0.5) is 0 Å². The van der Waals surface area contributed by atoms with Crippen molar-refractivity contribution < 1.29 is 15.0 Å². The summed E-state index contributed by atoms with van der Waals surface area (Å²) in [7, 11) is 0. The molecule has 0 saturated carbocycles. The van der Waals surface area contributed by atoms with E-state index < -0.39 is 0 Å². The molecule has 7 nitrogen and oxygen atoms in total. The van der Waals surface area contributed by atoms with Crippen LogP contribution in [-0.4, -0.2) is 33.6 Å². The molecular formula is C26H26N5O2+. The fourth-order valence-corrected chi connectivity index (χ4v) is 2.91. The van der Waals surface area contributed by atoms with Gasteiger partial charge in [-0.25, -0.2) is 0 Å². The van der Waals surface area contributed by atoms with Crippen LogP contribution >= 0.6 is 0 Å². The Hall–Kier alpha value is -4.36. The van der Waals surface area contributed by atoms with Gasteiger partial charge in [-0.1, -0.05) is 111 Å². The summed E-state index contributed by atoms with van der Waals surface area (Å²) < 4.78 is 3.40. The van der Waals surface area contributed by atoms with E-state index in [1.807, 2.05) is 97.9 Å². The Morgan fingerprint density at radius 2 is 1.24 bits per heavy atom. The number of oxime groups is 1. The van der Waals surface area contributed by atoms with Crippen molar-refractivity contribution in [2.45, 2.75) is 13.5 Å². The van der Waals surface area contributed by atoms with Crippen molar-refractivity contribution in [3.8, 4) is 0 Å². The van der Waals surface area contributed by atoms with Gasteiger partial charge in [-0.15, -0.1) is 4.68 Å². The molecule has 0 fully saturated rings. The molecule has 0 aliphatic heterocycles. The van der Waals surface area contributed by atoms with E-state index in [9.17, 15) is 5.11 Å². The molecule has 7 heteroatoms. The smallest absolute Gasteiger partial charge is 0.304 e. The van der Waals surface area contributed by atoms with E-state index in [0.29, 0.717) is 5.69 Å². The van der Waals surface area contributed by atoms with Crippen LogP contribution < -0.4 is 4.68 Å². The summed E-state index contributed by atoms with van der Waals surface area (Å²) >= 11 is 0. The Labute approximate surface area is 192 Å². The van der Waals surface area contributed by atoms with Crippen LogP contribution in [-0.2, 0) is 6.61 Å². The number of hydrogen-bond acceptors (Lipinski definition) is 5. The second-order valence-electron chi connectivity index (χ2n) is 6.95. The zero-order valence-electron chi connectivity index (χ0n) is 18.3. The average molecular weight is 441 g/mol. The number of hydrogen-bond donors (Lipinski definition) is 2. The van der Waals surface area contributed by atoms with Crippen LogP contribution in [0.2, 0.25) is 0 Å². The molecule has 2 N–H and O–H groups in total. The van der Waals surface area contributed by atoms with Crippen molar-refractivity contribution in [3.05, 3.63) is 125 Å². The van der Waals surface area contributed by atoms with Crippen LogP contribution in [0.25, 0.3) is 0 Å². The fraction of sp³-hybridized carbons (Fsp3) is 0.0769. The summed E-state index contributed by atoms with van der Waals surface area (Å²) in [5.74, 6) is 0.804. The van der Waals surface area contributed by atoms with Gasteiger partial charge in [0.1, 0.15) is 6.61 Å². The van der Waals surface area contributed by atoms with E-state index >= 15 is 0 Å². The van der Waals surface area contributed by atoms with E-state index in [1.165, 1.54) is 6.21 Å². The Kier molecular flexibility index (Phi) is 8.82. The lowest BCUT2D eigenvalue weighted by Crippen LogP contribution is -2.34. The summed E-state index contributed by atoms with van der Waals surface area (Å²) in [6.45, 7) is 1.80. The topological polar surface area (TPSA) is 86.3 Å². The lowest BCUT2D eigenvalue weighted by atomic mass is 10.2. The van der Waals surface area contributed by atoms with Gasteiger partial charge >= 0.3 is 5.82 Å². The van der Waals surface area contributed by atoms with Gasteiger partial charge < -0.3 is 10.3 Å². The molecule has 3 aromatic carbocycles. The monoisotopic (exact) mass is 440 g/mol. The minimum atomic E-state index is -0.110. The molecular weight excluding hydrogens is 414 g/mol. The summed E-state index contributed by atoms with van der Waals surface area (Å²) in [4.78, 5) is 0. The van der Waals surface area contributed by atoms with Crippen LogP contribution in [0.15, 0.2) is 113 Å². The number of nitrogens with zero attached hydrogens (tertiary/aromatic N) is 5. The van der Waals surface area contributed by atoms with Gasteiger partial charge in [0.15, 0.2) is 11.9 Å². The fourth-order valence-electron chi connectivity index (χ4n) is 2.91. The molecule has 0 aliphatic carbocycles. The van der Waals surface area contributed by atoms with Crippen molar-refractivity contribution in [2.24, 2.45) is 15.4 Å². The molecule has 166 valence electrons. The number of aromatic nitrogens is 2. The molecule has 0 amide bonds. The first-order valence-electron chi connectivity index (χ1n) is 10.4. The van der Waals surface area contributed by atoms with Crippen LogP contribution in [0.1, 0.15) is 28.2 Å². The molecule has 1 heterocycles. The lowest BCUT2D eigenvalue weighted by molar-refractivity contribution is -0.692. The van der Waals surface area contributed by atoms with E-state index in [0.717, 1.165) is 22.5 Å². The molecule has 33 heavy (non-hydrogen) atoms. The molecule has 4 aromatic rings. The van der Waals surface area contributed by atoms with Gasteiger partial charge in [0.05, 0.1) is 18.6 Å². The molecule has 1 aromatic heterocycles. The van der Waals surface area contributed by atoms with Crippen molar-refractivity contribution >= 4 is 18.6 Å². The first-order chi connectivity index (χ1) is 16.2. The summed E-state index contributed by atoms with van der Waals surface area (Å²) in [5.41, 5.74) is 3.58. The maximum atomic E-state index is 9.58. The van der Waals surface area contributed by atoms with Gasteiger partial charge in [-0.3, -0.25) is 0 Å². The van der Waals surface area contributed by atoms with Gasteiger partial charge in [0.2, 0.25) is 0 Å². The number of aliphatic hydroxyl groups excluding tert-OH is 1. The Morgan fingerprint density at radius 3 is 1.73 bits per heavy atom. The van der Waals surface area contributed by atoms with Crippen LogP contribution in [0.5, 0.6) is 0 Å². The highest BCUT2D eigenvalue weighted by Crippen LogP contribution is 2.02. The Morgan fingerprint density at radius 1 is 0.758 bits per heavy atom. The first-order valence-corrected chi connectivity index (χ1v) is 10.4. The SMILES string of the molecule is Cc1n(N=Cc2ccccc2)cc(CO)[n+]1N=Cc1ccccc1.O/N=C/c1ccccc1. The van der Waals surface area contributed by atoms with Crippen LogP contribution in [0, 0.1) is 6.92 Å². The quantitative estimate of drug-likeness (QED) is 0.207. The third kappa shape index (κ3) is 7.09. The van der Waals surface area contributed by atoms with Crippen molar-refractivity contribution in [1.82, 2.24) is 4.68 Å². The number of rotatable bonds is 6. The summed E-state index contributed by atoms with van der Waals surface area (Å²) in [6.07, 6.45) is 6.70. The van der Waals surface area contributed by atoms with Crippen LogP contribution in [0.3, 0.4) is 0 Å². The molecule has 0 bridgehead atoms. The average Bonchev–Trinajstić information content (AvgIpc) is 3.18. The zero-order valence-corrected chi connectivity index (χ0v) is 18.3. The molecule has 0 radical (unpaired) electrons. The highest BCUT2D eigenvalue weighted by atomic mass is 16.4. The number of imidazole rings is 1. The second kappa shape index (κ2) is 12.5. The minimum absolute atomic E-state index is 0.110. The van der Waals surface area contributed by atoms with Gasteiger partial charge in [0, 0.05) is 6.92 Å². The Bertz CT molecular complexity index is 1200. The molecule has 0 spiro atoms. The normalized spacial score (nSPS) is 11.2. The third-order valence-corrected chi connectivity index (χ3v) is 4.60. The maximum absolute atomic E-state index is 9.58. The number of benzene rings is 3. The first kappa shape index (κ1) is 23.3. The maximum Gasteiger partial charge on any atom is 0.304 e. The predicted octanol–water partition coefficient (Wildman–Crippen LogP) is 3.84. The molecule has 0 saturated heterocycles. The molecule has 4 rings (SSSR count). The van der Waals surface area contributed by atoms with Crippen molar-refractivity contribution in [3.63, 3.8) is 0 Å². The minimum Gasteiger partial charge on any atom is -0.411 e. The zero-order chi connectivity index (χ0) is 23.3. The lowest BCUT2D eigenvalue weighted by Gasteiger charge is -1.93. The summed E-state index contributed by atoms with van der Waals surface area (Å²) in [5, 5.41) is 29.5. The van der Waals surface area contributed by atoms with E-state index in [1.54, 1.807) is 28.0 Å². The molecule has 0 atom stereocenters. The van der Waals surface area contributed by atoms with E-state index in [-0.39, 0.29) is 6.61 Å². The standard InChI is InChI=1S/C19H19N4O.C7H7NO/c1-16-22(20-12-17-8-4-2-5-9-17)14-19(15-24)23(16)21-13-18-10-6-3-7-11-18;9-8-6-7-4-2-1-3-5-7/h2-14,24H,15H2,1H3;1-6,9H/q+1;/b;8-6+. The Balaban J connectivity index is 0.000000286. The van der Waals surface area contributed by atoms with Gasteiger partial charge in [0.25, 0.3) is 0 Å². The van der Waals surface area contributed by atoms with Crippen molar-refractivity contribution in [1.29, 1.82) is 0 Å². The number of aliphatic hydroxyl groups is 1. The molecule has 0 aliphatic rings. The van der Waals surface area contributed by atoms with Gasteiger partial charge in [-0.05, 0) is 16.7 Å².